The van der Waals surface area contributed by atoms with E-state index in [1.54, 1.807) is 11.8 Å². The molecule has 0 radical (unpaired) electrons. The molecule has 0 saturated heterocycles. The van der Waals surface area contributed by atoms with E-state index < -0.39 is 0 Å². The lowest BCUT2D eigenvalue weighted by Gasteiger charge is -2.21. The standard InChI is InChI=1S/C16H17ClOS/c17-15(11-18)16(14-9-5-2-6-10-14)19-12-13-7-3-1-4-8-13/h1-10,15-16,18H,11-12H2. The zero-order valence-electron chi connectivity index (χ0n) is 10.6. The van der Waals surface area contributed by atoms with Crippen molar-refractivity contribution in [3.63, 3.8) is 0 Å². The first kappa shape index (κ1) is 14.4. The van der Waals surface area contributed by atoms with Gasteiger partial charge in [-0.25, -0.2) is 0 Å². The predicted molar refractivity (Wildman–Crippen MR) is 83.6 cm³/mol. The second-order valence-electron chi connectivity index (χ2n) is 4.33. The van der Waals surface area contributed by atoms with Gasteiger partial charge in [0.25, 0.3) is 0 Å². The van der Waals surface area contributed by atoms with E-state index in [0.29, 0.717) is 0 Å². The van der Waals surface area contributed by atoms with E-state index in [-0.39, 0.29) is 17.2 Å². The van der Waals surface area contributed by atoms with E-state index in [1.165, 1.54) is 5.56 Å². The number of alkyl halides is 1. The highest BCUT2D eigenvalue weighted by molar-refractivity contribution is 7.98. The molecular weight excluding hydrogens is 276 g/mol. The molecule has 0 fully saturated rings. The zero-order chi connectivity index (χ0) is 13.5. The minimum Gasteiger partial charge on any atom is -0.395 e. The van der Waals surface area contributed by atoms with Crippen molar-refractivity contribution in [3.05, 3.63) is 71.8 Å². The number of halogens is 1. The summed E-state index contributed by atoms with van der Waals surface area (Å²) in [4.78, 5) is 0. The number of hydrogen-bond donors (Lipinski definition) is 1. The molecule has 2 aromatic rings. The second kappa shape index (κ2) is 7.59. The van der Waals surface area contributed by atoms with Crippen LogP contribution in [-0.4, -0.2) is 17.1 Å². The van der Waals surface area contributed by atoms with E-state index >= 15 is 0 Å². The van der Waals surface area contributed by atoms with Gasteiger partial charge < -0.3 is 5.11 Å². The fourth-order valence-electron chi connectivity index (χ4n) is 1.91. The van der Waals surface area contributed by atoms with Gasteiger partial charge in [0.2, 0.25) is 0 Å². The van der Waals surface area contributed by atoms with Crippen LogP contribution in [-0.2, 0) is 5.75 Å². The molecule has 0 spiro atoms. The van der Waals surface area contributed by atoms with Crippen LogP contribution in [0.25, 0.3) is 0 Å². The summed E-state index contributed by atoms with van der Waals surface area (Å²) in [7, 11) is 0. The maximum Gasteiger partial charge on any atom is 0.0726 e. The van der Waals surface area contributed by atoms with Crippen molar-refractivity contribution in [2.75, 3.05) is 6.61 Å². The van der Waals surface area contributed by atoms with Gasteiger partial charge in [-0.05, 0) is 11.1 Å². The van der Waals surface area contributed by atoms with Gasteiger partial charge in [-0.15, -0.1) is 23.4 Å². The minimum absolute atomic E-state index is 0.0110. The van der Waals surface area contributed by atoms with Crippen molar-refractivity contribution in [2.24, 2.45) is 0 Å². The van der Waals surface area contributed by atoms with E-state index in [4.69, 9.17) is 11.6 Å². The van der Waals surface area contributed by atoms with Gasteiger partial charge in [0.05, 0.1) is 12.0 Å². The summed E-state index contributed by atoms with van der Waals surface area (Å²) in [5, 5.41) is 9.16. The van der Waals surface area contributed by atoms with Crippen molar-refractivity contribution < 1.29 is 5.11 Å². The van der Waals surface area contributed by atoms with Gasteiger partial charge in [-0.3, -0.25) is 0 Å². The van der Waals surface area contributed by atoms with Crippen molar-refractivity contribution in [1.82, 2.24) is 0 Å². The minimum atomic E-state index is -0.267. The van der Waals surface area contributed by atoms with Crippen LogP contribution in [0.1, 0.15) is 16.4 Å². The van der Waals surface area contributed by atoms with E-state index in [1.807, 2.05) is 36.4 Å². The Kier molecular flexibility index (Phi) is 5.77. The third kappa shape index (κ3) is 4.27. The van der Waals surface area contributed by atoms with Gasteiger partial charge in [0, 0.05) is 11.0 Å². The average molecular weight is 293 g/mol. The van der Waals surface area contributed by atoms with Crippen LogP contribution in [0.2, 0.25) is 0 Å². The summed E-state index contributed by atoms with van der Waals surface area (Å²) in [5.74, 6) is 0.892. The molecule has 3 heteroatoms. The van der Waals surface area contributed by atoms with Crippen molar-refractivity contribution in [3.8, 4) is 0 Å². The first-order valence-corrected chi connectivity index (χ1v) is 7.75. The first-order chi connectivity index (χ1) is 9.31. The number of aliphatic hydroxyl groups is 1. The molecule has 0 aliphatic heterocycles. The van der Waals surface area contributed by atoms with Crippen LogP contribution in [0.3, 0.4) is 0 Å². The molecule has 0 aliphatic rings. The van der Waals surface area contributed by atoms with Crippen LogP contribution in [0.4, 0.5) is 0 Å². The van der Waals surface area contributed by atoms with Crippen LogP contribution in [0.15, 0.2) is 60.7 Å². The molecule has 100 valence electrons. The number of aliphatic hydroxyl groups excluding tert-OH is 1. The number of thioether (sulfide) groups is 1. The molecule has 1 nitrogen and oxygen atoms in total. The van der Waals surface area contributed by atoms with Gasteiger partial charge in [0.15, 0.2) is 0 Å². The average Bonchev–Trinajstić information content (AvgIpc) is 2.49. The van der Waals surface area contributed by atoms with Gasteiger partial charge >= 0.3 is 0 Å². The maximum absolute atomic E-state index is 9.32. The van der Waals surface area contributed by atoms with Crippen molar-refractivity contribution in [2.45, 2.75) is 16.4 Å². The third-order valence-corrected chi connectivity index (χ3v) is 4.90. The molecule has 2 rings (SSSR count). The maximum atomic E-state index is 9.32. The largest absolute Gasteiger partial charge is 0.395 e. The highest BCUT2D eigenvalue weighted by Gasteiger charge is 2.20. The molecule has 0 saturated carbocycles. The summed E-state index contributed by atoms with van der Waals surface area (Å²) in [6.07, 6.45) is 0. The highest BCUT2D eigenvalue weighted by Crippen LogP contribution is 2.36. The zero-order valence-corrected chi connectivity index (χ0v) is 12.1. The summed E-state index contributed by atoms with van der Waals surface area (Å²) in [6, 6.07) is 20.4. The molecule has 2 aromatic carbocycles. The van der Waals surface area contributed by atoms with Crippen LogP contribution in [0, 0.1) is 0 Å². The predicted octanol–water partition coefficient (Wildman–Crippen LogP) is 4.26. The highest BCUT2D eigenvalue weighted by atomic mass is 35.5. The molecule has 2 unspecified atom stereocenters. The molecule has 0 heterocycles. The second-order valence-corrected chi connectivity index (χ2v) is 6.02. The molecular formula is C16H17ClOS. The summed E-state index contributed by atoms with van der Waals surface area (Å²) in [5.41, 5.74) is 2.44. The molecule has 0 aliphatic carbocycles. The lowest BCUT2D eigenvalue weighted by Crippen LogP contribution is -2.14. The lowest BCUT2D eigenvalue weighted by molar-refractivity contribution is 0.291. The SMILES string of the molecule is OCC(Cl)C(SCc1ccccc1)c1ccccc1. The quantitative estimate of drug-likeness (QED) is 0.803. The monoisotopic (exact) mass is 292 g/mol. The third-order valence-electron chi connectivity index (χ3n) is 2.90. The summed E-state index contributed by atoms with van der Waals surface area (Å²) in [6.45, 7) is -0.0110. The Balaban J connectivity index is 2.07. The van der Waals surface area contributed by atoms with E-state index in [9.17, 15) is 5.11 Å². The Labute approximate surface area is 123 Å². The molecule has 0 bridgehead atoms. The Hall–Kier alpha value is -0.960. The Bertz CT molecular complexity index is 475. The fourth-order valence-corrected chi connectivity index (χ4v) is 3.48. The number of hydrogen-bond acceptors (Lipinski definition) is 2. The molecule has 0 amide bonds. The first-order valence-electron chi connectivity index (χ1n) is 6.26. The van der Waals surface area contributed by atoms with Crippen molar-refractivity contribution >= 4 is 23.4 Å². The number of benzene rings is 2. The van der Waals surface area contributed by atoms with Crippen LogP contribution < -0.4 is 0 Å². The van der Waals surface area contributed by atoms with Gasteiger partial charge in [-0.2, -0.15) is 0 Å². The van der Waals surface area contributed by atoms with Crippen LogP contribution >= 0.6 is 23.4 Å². The summed E-state index contributed by atoms with van der Waals surface area (Å²) >= 11 is 8.03. The Morgan fingerprint density at radius 2 is 1.53 bits per heavy atom. The lowest BCUT2D eigenvalue weighted by atomic mass is 10.1. The topological polar surface area (TPSA) is 20.2 Å². The van der Waals surface area contributed by atoms with Crippen molar-refractivity contribution in [1.29, 1.82) is 0 Å². The summed E-state index contributed by atoms with van der Waals surface area (Å²) < 4.78 is 0. The van der Waals surface area contributed by atoms with E-state index in [0.717, 1.165) is 11.3 Å². The molecule has 1 N–H and O–H groups in total. The number of rotatable bonds is 6. The molecule has 2 atom stereocenters. The molecule has 0 aromatic heterocycles. The van der Waals surface area contributed by atoms with E-state index in [2.05, 4.69) is 24.3 Å². The van der Waals surface area contributed by atoms with Gasteiger partial charge in [0.1, 0.15) is 0 Å². The smallest absolute Gasteiger partial charge is 0.0726 e. The van der Waals surface area contributed by atoms with Crippen LogP contribution in [0.5, 0.6) is 0 Å². The normalized spacial score (nSPS) is 14.0. The molecule has 19 heavy (non-hydrogen) atoms. The van der Waals surface area contributed by atoms with Gasteiger partial charge in [-0.1, -0.05) is 60.7 Å². The fraction of sp³-hybridized carbons (Fsp3) is 0.250. The Morgan fingerprint density at radius 3 is 2.11 bits per heavy atom. The Morgan fingerprint density at radius 1 is 0.947 bits per heavy atom.